The fraction of sp³-hybridized carbons (Fsp3) is 0.182. The topological polar surface area (TPSA) is 109 Å². The molecule has 2 aromatic carbocycles. The van der Waals surface area contributed by atoms with Crippen LogP contribution in [-0.2, 0) is 16.0 Å². The predicted octanol–water partition coefficient (Wildman–Crippen LogP) is 2.12. The van der Waals surface area contributed by atoms with Gasteiger partial charge in [-0.15, -0.1) is 0 Å². The van der Waals surface area contributed by atoms with Crippen LogP contribution in [0.1, 0.15) is 38.5 Å². The lowest BCUT2D eigenvalue weighted by Crippen LogP contribution is -2.46. The number of imide groups is 1. The van der Waals surface area contributed by atoms with Gasteiger partial charge in [-0.3, -0.25) is 34.9 Å². The Hall–Kier alpha value is -3.94. The molecule has 8 heteroatoms. The standard InChI is InChI=1S/C22H19N3O5/c1-13-15-7-4-5-9-17(15)30-20(13)21(28)24-23-18(26)10-11-25-19(27)12-14-6-2-3-8-16(14)22(25)29/h2-9H,10-12H2,1H3,(H,23,26)(H,24,28). The second kappa shape index (κ2) is 7.82. The maximum atomic E-state index is 12.5. The molecule has 3 aromatic rings. The van der Waals surface area contributed by atoms with Gasteiger partial charge in [-0.05, 0) is 24.6 Å². The number of aryl methyl sites for hydroxylation is 1. The van der Waals surface area contributed by atoms with Crippen LogP contribution in [0.5, 0.6) is 0 Å². The first-order valence-corrected chi connectivity index (χ1v) is 9.45. The van der Waals surface area contributed by atoms with Gasteiger partial charge in [0.2, 0.25) is 11.8 Å². The number of amides is 4. The molecule has 0 spiro atoms. The van der Waals surface area contributed by atoms with Crippen molar-refractivity contribution in [2.75, 3.05) is 6.54 Å². The molecule has 0 radical (unpaired) electrons. The zero-order valence-electron chi connectivity index (χ0n) is 16.2. The van der Waals surface area contributed by atoms with Gasteiger partial charge in [-0.2, -0.15) is 0 Å². The summed E-state index contributed by atoms with van der Waals surface area (Å²) in [5, 5.41) is 0.816. The summed E-state index contributed by atoms with van der Waals surface area (Å²) in [6.45, 7) is 1.69. The number of nitrogens with one attached hydrogen (secondary N) is 2. The number of furan rings is 1. The Balaban J connectivity index is 1.34. The maximum absolute atomic E-state index is 12.5. The fourth-order valence-corrected chi connectivity index (χ4v) is 3.48. The van der Waals surface area contributed by atoms with Crippen LogP contribution in [0.25, 0.3) is 11.0 Å². The number of para-hydroxylation sites is 1. The number of hydrogen-bond donors (Lipinski definition) is 2. The van der Waals surface area contributed by atoms with E-state index in [0.29, 0.717) is 22.3 Å². The van der Waals surface area contributed by atoms with Crippen LogP contribution in [0.3, 0.4) is 0 Å². The maximum Gasteiger partial charge on any atom is 0.305 e. The molecular weight excluding hydrogens is 386 g/mol. The summed E-state index contributed by atoms with van der Waals surface area (Å²) in [6, 6.07) is 14.1. The van der Waals surface area contributed by atoms with Crippen LogP contribution in [0.15, 0.2) is 52.9 Å². The number of nitrogens with zero attached hydrogens (tertiary/aromatic N) is 1. The van der Waals surface area contributed by atoms with E-state index >= 15 is 0 Å². The van der Waals surface area contributed by atoms with Crippen molar-refractivity contribution in [1.82, 2.24) is 15.8 Å². The third-order valence-electron chi connectivity index (χ3n) is 5.06. The molecule has 1 aliphatic heterocycles. The largest absolute Gasteiger partial charge is 0.451 e. The lowest BCUT2D eigenvalue weighted by molar-refractivity contribution is -0.129. The first-order chi connectivity index (χ1) is 14.5. The number of benzene rings is 2. The Labute approximate surface area is 171 Å². The molecule has 4 rings (SSSR count). The number of fused-ring (bicyclic) bond motifs is 2. The van der Waals surface area contributed by atoms with E-state index in [-0.39, 0.29) is 31.1 Å². The third kappa shape index (κ3) is 3.55. The van der Waals surface area contributed by atoms with E-state index in [0.717, 1.165) is 10.3 Å². The van der Waals surface area contributed by atoms with Crippen molar-refractivity contribution in [3.63, 3.8) is 0 Å². The Bertz CT molecular complexity index is 1180. The first-order valence-electron chi connectivity index (χ1n) is 9.45. The van der Waals surface area contributed by atoms with Gasteiger partial charge in [0.05, 0.1) is 6.42 Å². The highest BCUT2D eigenvalue weighted by molar-refractivity contribution is 6.09. The van der Waals surface area contributed by atoms with Gasteiger partial charge in [-0.25, -0.2) is 0 Å². The molecule has 30 heavy (non-hydrogen) atoms. The fourth-order valence-electron chi connectivity index (χ4n) is 3.48. The van der Waals surface area contributed by atoms with Gasteiger partial charge < -0.3 is 4.42 Å². The van der Waals surface area contributed by atoms with E-state index in [1.807, 2.05) is 12.1 Å². The summed E-state index contributed by atoms with van der Waals surface area (Å²) < 4.78 is 5.55. The monoisotopic (exact) mass is 405 g/mol. The number of rotatable bonds is 4. The van der Waals surface area contributed by atoms with E-state index in [1.54, 1.807) is 43.3 Å². The summed E-state index contributed by atoms with van der Waals surface area (Å²) in [5.41, 5.74) is 6.99. The molecule has 0 saturated carbocycles. The summed E-state index contributed by atoms with van der Waals surface area (Å²) in [7, 11) is 0. The minimum atomic E-state index is -0.587. The van der Waals surface area contributed by atoms with E-state index < -0.39 is 17.7 Å². The van der Waals surface area contributed by atoms with Crippen LogP contribution in [-0.4, -0.2) is 35.1 Å². The molecule has 0 fully saturated rings. The first kappa shape index (κ1) is 19.4. The molecular formula is C22H19N3O5. The van der Waals surface area contributed by atoms with Crippen LogP contribution in [0, 0.1) is 6.92 Å². The molecule has 8 nitrogen and oxygen atoms in total. The zero-order chi connectivity index (χ0) is 21.3. The van der Waals surface area contributed by atoms with Crippen molar-refractivity contribution in [3.8, 4) is 0 Å². The van der Waals surface area contributed by atoms with Crippen molar-refractivity contribution >= 4 is 34.6 Å². The number of carbonyl (C=O) groups is 4. The normalized spacial score (nSPS) is 13.3. The average Bonchev–Trinajstić information content (AvgIpc) is 3.09. The summed E-state index contributed by atoms with van der Waals surface area (Å²) in [4.78, 5) is 50.3. The molecule has 0 aliphatic carbocycles. The van der Waals surface area contributed by atoms with Gasteiger partial charge in [0.25, 0.3) is 5.91 Å². The van der Waals surface area contributed by atoms with Gasteiger partial charge in [0.1, 0.15) is 5.58 Å². The Morgan fingerprint density at radius 2 is 1.77 bits per heavy atom. The van der Waals surface area contributed by atoms with Gasteiger partial charge in [-0.1, -0.05) is 36.4 Å². The van der Waals surface area contributed by atoms with E-state index in [9.17, 15) is 19.2 Å². The Morgan fingerprint density at radius 1 is 1.03 bits per heavy atom. The predicted molar refractivity (Wildman–Crippen MR) is 107 cm³/mol. The summed E-state index contributed by atoms with van der Waals surface area (Å²) in [5.74, 6) is -1.79. The van der Waals surface area contributed by atoms with E-state index in [1.165, 1.54) is 0 Å². The van der Waals surface area contributed by atoms with Crippen LogP contribution in [0.2, 0.25) is 0 Å². The number of hydrogen-bond acceptors (Lipinski definition) is 5. The highest BCUT2D eigenvalue weighted by atomic mass is 16.3. The molecule has 2 N–H and O–H groups in total. The number of hydrazine groups is 1. The third-order valence-corrected chi connectivity index (χ3v) is 5.06. The Morgan fingerprint density at radius 3 is 2.57 bits per heavy atom. The van der Waals surface area contributed by atoms with Crippen molar-refractivity contribution < 1.29 is 23.6 Å². The Kier molecular flexibility index (Phi) is 5.05. The summed E-state index contributed by atoms with van der Waals surface area (Å²) in [6.07, 6.45) is -0.0232. The molecule has 0 atom stereocenters. The van der Waals surface area contributed by atoms with Gasteiger partial charge in [0, 0.05) is 29.5 Å². The van der Waals surface area contributed by atoms with Gasteiger partial charge in [0.15, 0.2) is 5.76 Å². The second-order valence-electron chi connectivity index (χ2n) is 6.99. The lowest BCUT2D eigenvalue weighted by atomic mass is 9.98. The van der Waals surface area contributed by atoms with Gasteiger partial charge >= 0.3 is 5.91 Å². The number of carbonyl (C=O) groups excluding carboxylic acids is 4. The van der Waals surface area contributed by atoms with Crippen LogP contribution >= 0.6 is 0 Å². The smallest absolute Gasteiger partial charge is 0.305 e. The second-order valence-corrected chi connectivity index (χ2v) is 6.99. The molecule has 0 bridgehead atoms. The SMILES string of the molecule is Cc1c(C(=O)NNC(=O)CCN2C(=O)Cc3ccccc3C2=O)oc2ccccc12. The summed E-state index contributed by atoms with van der Waals surface area (Å²) >= 11 is 0. The molecule has 1 aromatic heterocycles. The highest BCUT2D eigenvalue weighted by Gasteiger charge is 2.30. The lowest BCUT2D eigenvalue weighted by Gasteiger charge is -2.26. The molecule has 1 aliphatic rings. The minimum Gasteiger partial charge on any atom is -0.451 e. The van der Waals surface area contributed by atoms with Crippen molar-refractivity contribution in [3.05, 3.63) is 71.0 Å². The molecule has 0 saturated heterocycles. The molecule has 4 amide bonds. The molecule has 152 valence electrons. The van der Waals surface area contributed by atoms with Crippen molar-refractivity contribution in [1.29, 1.82) is 0 Å². The average molecular weight is 405 g/mol. The molecule has 0 unspecified atom stereocenters. The van der Waals surface area contributed by atoms with E-state index in [4.69, 9.17) is 4.42 Å². The van der Waals surface area contributed by atoms with Crippen molar-refractivity contribution in [2.45, 2.75) is 19.8 Å². The van der Waals surface area contributed by atoms with Crippen LogP contribution < -0.4 is 10.9 Å². The zero-order valence-corrected chi connectivity index (χ0v) is 16.2. The quantitative estimate of drug-likeness (QED) is 0.511. The van der Waals surface area contributed by atoms with Crippen LogP contribution in [0.4, 0.5) is 0 Å². The van der Waals surface area contributed by atoms with E-state index in [2.05, 4.69) is 10.9 Å². The highest BCUT2D eigenvalue weighted by Crippen LogP contribution is 2.24. The molecule has 2 heterocycles. The minimum absolute atomic E-state index is 0.0721. The van der Waals surface area contributed by atoms with Crippen molar-refractivity contribution in [2.24, 2.45) is 0 Å².